The molecule has 18 N–H and O–H groups in total. The molecule has 748 valence electrons. The van der Waals surface area contributed by atoms with Crippen LogP contribution in [0.5, 0.6) is 11.5 Å². The molecule has 10 rings (SSSR count). The Morgan fingerprint density at radius 1 is 0.338 bits per heavy atom. The zero-order chi connectivity index (χ0) is 99.7. The van der Waals surface area contributed by atoms with E-state index in [-0.39, 0.29) is 168 Å². The Kier molecular flexibility index (Phi) is 45.1. The molecule has 10 aromatic rings. The summed E-state index contributed by atoms with van der Waals surface area (Å²) in [5, 5.41) is 16.3. The molecular formula is C80H122N26O26P4. The third-order valence-corrected chi connectivity index (χ3v) is 26.5. The summed E-state index contributed by atoms with van der Waals surface area (Å²) in [5.74, 6) is -2.80. The number of rotatable bonds is 54. The lowest BCUT2D eigenvalue weighted by Crippen LogP contribution is -2.43. The first-order chi connectivity index (χ1) is 64.8. The van der Waals surface area contributed by atoms with Crippen LogP contribution >= 0.6 is 29.9 Å². The van der Waals surface area contributed by atoms with Crippen molar-refractivity contribution in [2.45, 2.75) is 184 Å². The number of nitrogens with two attached hydrogens (primary N) is 4. The second-order valence-corrected chi connectivity index (χ2v) is 38.6. The SMILES string of the molecule is CCCCOC(=O)C(C)NP(=O)(COCCn1cnc2c(=O)[nH]c(N)nc21)NC(C)C(=O)OCCCC.CCCCOC(=O)C(C)NP(=O)(COCCn1cnc2c(=O)[nH]c(N)nc21)Oc1ccccc1.CCOC(=O)C(C)NP(=O)(COCCn1cnc2c(=O)[nH]c(N)nc21)NC(C)C(=O)OCC.CCOC(=O)C(C)NP(=O)(COCCn1cnc2c(=O)[nH]c(N)nc21)Oc1ccccc1. The van der Waals surface area contributed by atoms with Gasteiger partial charge in [-0.1, -0.05) is 76.4 Å². The minimum absolute atomic E-state index is 0.0232. The topological polar surface area (TPSA) is 712 Å². The predicted molar refractivity (Wildman–Crippen MR) is 501 cm³/mol. The molecule has 0 aliphatic heterocycles. The normalized spacial score (nSPS) is 14.4. The van der Waals surface area contributed by atoms with Gasteiger partial charge in [-0.2, -0.15) is 19.9 Å². The minimum atomic E-state index is -3.65. The largest absolute Gasteiger partial charge is 0.465 e. The number of hydrogen-bond donors (Lipinski definition) is 14. The summed E-state index contributed by atoms with van der Waals surface area (Å²) in [5.41, 5.74) is 22.4. The monoisotopic (exact) mass is 1990 g/mol. The maximum Gasteiger partial charge on any atom is 0.342 e. The number of para-hydroxylation sites is 2. The highest BCUT2D eigenvalue weighted by Crippen LogP contribution is 2.46. The zero-order valence-electron chi connectivity index (χ0n) is 77.6. The van der Waals surface area contributed by atoms with Gasteiger partial charge in [0.05, 0.1) is 91.4 Å². The van der Waals surface area contributed by atoms with Crippen LogP contribution in [0.1, 0.15) is 122 Å². The molecular weight excluding hydrogens is 1860 g/mol. The average Bonchev–Trinajstić information content (AvgIpc) is 1.67. The van der Waals surface area contributed by atoms with Crippen molar-refractivity contribution >= 4 is 134 Å². The molecule has 136 heavy (non-hydrogen) atoms. The van der Waals surface area contributed by atoms with E-state index in [0.29, 0.717) is 42.2 Å². The van der Waals surface area contributed by atoms with Gasteiger partial charge in [-0.05, 0) is 106 Å². The van der Waals surface area contributed by atoms with Crippen molar-refractivity contribution in [2.75, 3.05) is 114 Å². The van der Waals surface area contributed by atoms with Crippen LogP contribution < -0.4 is 84.7 Å². The number of ether oxygens (including phenoxy) is 10. The third kappa shape index (κ3) is 35.6. The lowest BCUT2D eigenvalue weighted by atomic mass is 10.3. The van der Waals surface area contributed by atoms with Crippen molar-refractivity contribution < 1.29 is 103 Å². The number of imidazole rings is 4. The van der Waals surface area contributed by atoms with Gasteiger partial charge in [-0.25, -0.2) is 50.5 Å². The molecule has 8 unspecified atom stereocenters. The van der Waals surface area contributed by atoms with E-state index < -0.39 is 124 Å². The Hall–Kier alpha value is -12.0. The van der Waals surface area contributed by atoms with Gasteiger partial charge in [-0.3, -0.25) is 86.1 Å². The van der Waals surface area contributed by atoms with Gasteiger partial charge >= 0.3 is 50.9 Å². The number of nitrogens with one attached hydrogen (secondary N) is 10. The Bertz CT molecular complexity index is 5930. The van der Waals surface area contributed by atoms with Crippen molar-refractivity contribution in [1.82, 2.24) is 109 Å². The van der Waals surface area contributed by atoms with E-state index in [9.17, 15) is 66.2 Å². The molecule has 0 saturated carbocycles. The van der Waals surface area contributed by atoms with Gasteiger partial charge in [0.15, 0.2) is 44.7 Å². The van der Waals surface area contributed by atoms with Crippen LogP contribution in [0.3, 0.4) is 0 Å². The molecule has 0 amide bonds. The molecule has 0 saturated heterocycles. The summed E-state index contributed by atoms with van der Waals surface area (Å²) in [6, 6.07) is 11.8. The van der Waals surface area contributed by atoms with Crippen LogP contribution in [0.25, 0.3) is 44.7 Å². The number of anilines is 4. The summed E-state index contributed by atoms with van der Waals surface area (Å²) in [6.07, 6.45) is 9.22. The molecule has 0 radical (unpaired) electrons. The minimum Gasteiger partial charge on any atom is -0.465 e. The fraction of sp³-hybridized carbons (Fsp3) is 0.525. The fourth-order valence-electron chi connectivity index (χ4n) is 11.9. The lowest BCUT2D eigenvalue weighted by molar-refractivity contribution is -0.146. The van der Waals surface area contributed by atoms with Crippen LogP contribution in [0.15, 0.2) is 105 Å². The summed E-state index contributed by atoms with van der Waals surface area (Å²) < 4.78 is 125. The summed E-state index contributed by atoms with van der Waals surface area (Å²) in [6.45, 7) is 22.8. The number of carbonyl (C=O) groups excluding carboxylic acids is 6. The molecule has 0 bridgehead atoms. The van der Waals surface area contributed by atoms with Gasteiger partial charge in [0, 0.05) is 26.2 Å². The number of H-pyrrole nitrogens is 4. The number of aromatic amines is 4. The predicted octanol–water partition coefficient (Wildman–Crippen LogP) is 5.22. The molecule has 0 aliphatic carbocycles. The molecule has 8 heterocycles. The van der Waals surface area contributed by atoms with Crippen LogP contribution in [-0.4, -0.2) is 242 Å². The highest BCUT2D eigenvalue weighted by atomic mass is 31.2. The van der Waals surface area contributed by atoms with Gasteiger partial charge in [0.1, 0.15) is 73.1 Å². The van der Waals surface area contributed by atoms with Gasteiger partial charge in [-0.15, -0.1) is 0 Å². The van der Waals surface area contributed by atoms with E-state index in [4.69, 9.17) is 79.4 Å². The van der Waals surface area contributed by atoms with E-state index in [0.717, 1.165) is 25.7 Å². The average molecular weight is 1990 g/mol. The number of nitrogens with zero attached hydrogens (tertiary/aromatic N) is 12. The molecule has 8 atom stereocenters. The molecule has 8 aromatic heterocycles. The number of unbranched alkanes of at least 4 members (excludes halogenated alkanes) is 3. The maximum atomic E-state index is 13.7. The number of aromatic nitrogens is 16. The zero-order valence-corrected chi connectivity index (χ0v) is 81.2. The Balaban J connectivity index is 0.000000247. The lowest BCUT2D eigenvalue weighted by Gasteiger charge is -2.26. The quantitative estimate of drug-likeness (QED) is 0.0100. The number of fused-ring (bicyclic) bond motifs is 4. The van der Waals surface area contributed by atoms with Crippen LogP contribution in [-0.2, 0) is 121 Å². The van der Waals surface area contributed by atoms with Gasteiger partial charge < -0.3 is 97.6 Å². The fourth-order valence-corrected chi connectivity index (χ4v) is 19.5. The Morgan fingerprint density at radius 2 is 0.566 bits per heavy atom. The van der Waals surface area contributed by atoms with Crippen LogP contribution in [0.4, 0.5) is 23.8 Å². The number of esters is 6. The third-order valence-electron chi connectivity index (χ3n) is 18.5. The smallest absolute Gasteiger partial charge is 0.342 e. The maximum absolute atomic E-state index is 13.7. The molecule has 52 nitrogen and oxygen atoms in total. The van der Waals surface area contributed by atoms with E-state index in [2.05, 4.69) is 90.3 Å². The summed E-state index contributed by atoms with van der Waals surface area (Å²) in [4.78, 5) is 162. The number of benzene rings is 2. The van der Waals surface area contributed by atoms with Crippen LogP contribution in [0.2, 0.25) is 0 Å². The van der Waals surface area contributed by atoms with Crippen molar-refractivity contribution in [3.8, 4) is 11.5 Å². The Morgan fingerprint density at radius 3 is 0.801 bits per heavy atom. The number of nitrogen functional groups attached to an aromatic ring is 4. The standard InChI is InChI=1S/C22H38N7O7P.C21H29N6O6P.C19H25N6O6P.C18H30N7O7P/c1-5-7-10-35-20(31)15(3)27-37(33,28-16(4)21(32)36-11-8-6-2)14-34-12-9-29-13-24-17-18(29)25-22(23)26-19(17)30;1-3-4-11-32-20(29)15(2)26-34(30,33-16-8-6-5-7-9-16)14-31-12-10-27-13-23-17-18(27)24-21(22)25-19(17)28;1-3-30-18(27)13(2)24-32(28,31-14-7-5-4-6-8-14)12-29-10-9-25-11-21-15-16(25)22-19(20)23-17(15)26;1-5-31-16(27)11(3)23-33(29,24-12(4)17(28)32-6-2)10-30-8-7-25-9-20-13-14(25)21-18(19)22-15(13)26/h13,15-16H,5-12,14H2,1-4H3,(H2,27,28,33)(H3,23,25,26,30);5-9,13,15H,3-4,10-12,14H2,1-2H3,(H,26,30)(H3,22,24,25,28);4-8,11,13H,3,9-10,12H2,1-2H3,(H,24,28)(H3,20,22,23,26);9,11-12H,5-8,10H2,1-4H3,(H2,23,24,29)(H3,19,21,22,26). The Labute approximate surface area is 780 Å². The molecule has 0 spiro atoms. The highest BCUT2D eigenvalue weighted by molar-refractivity contribution is 7.60. The number of hydrogen-bond acceptors (Lipinski definition) is 38. The summed E-state index contributed by atoms with van der Waals surface area (Å²) >= 11 is 0. The van der Waals surface area contributed by atoms with Crippen molar-refractivity contribution in [3.05, 3.63) is 127 Å². The van der Waals surface area contributed by atoms with E-state index in [1.165, 1.54) is 59.9 Å². The van der Waals surface area contributed by atoms with Crippen molar-refractivity contribution in [2.24, 2.45) is 0 Å². The van der Waals surface area contributed by atoms with E-state index >= 15 is 0 Å². The molecule has 2 aromatic carbocycles. The first-order valence-corrected chi connectivity index (χ1v) is 50.9. The summed E-state index contributed by atoms with van der Waals surface area (Å²) in [7, 11) is -14.5. The second-order valence-electron chi connectivity index (χ2n) is 30.0. The van der Waals surface area contributed by atoms with Gasteiger partial charge in [0.25, 0.3) is 22.2 Å². The number of carbonyl (C=O) groups is 6. The van der Waals surface area contributed by atoms with Crippen molar-refractivity contribution in [1.29, 1.82) is 0 Å². The van der Waals surface area contributed by atoms with E-state index in [1.807, 2.05) is 20.8 Å². The second kappa shape index (κ2) is 55.3. The molecule has 56 heteroatoms. The van der Waals surface area contributed by atoms with Crippen LogP contribution in [0, 0.1) is 0 Å². The first-order valence-electron chi connectivity index (χ1n) is 43.5. The molecule has 0 fully saturated rings. The highest BCUT2D eigenvalue weighted by Gasteiger charge is 2.37. The van der Waals surface area contributed by atoms with E-state index in [1.54, 1.807) is 107 Å². The first kappa shape index (κ1) is 111. The molecule has 0 aliphatic rings. The van der Waals surface area contributed by atoms with Crippen molar-refractivity contribution in [3.63, 3.8) is 0 Å². The van der Waals surface area contributed by atoms with Gasteiger partial charge in [0.2, 0.25) is 38.7 Å².